The lowest BCUT2D eigenvalue weighted by molar-refractivity contribution is -0.137. The molecule has 1 aliphatic heterocycles. The summed E-state index contributed by atoms with van der Waals surface area (Å²) >= 11 is 0. The Morgan fingerprint density at radius 3 is 2.42 bits per heavy atom. The van der Waals surface area contributed by atoms with Crippen LogP contribution in [0.25, 0.3) is 0 Å². The summed E-state index contributed by atoms with van der Waals surface area (Å²) < 4.78 is 40.0. The molecular formula is C26H23F3N4O3. The number of allylic oxidation sites excluding steroid dienone is 1. The van der Waals surface area contributed by atoms with Gasteiger partial charge in [-0.15, -0.1) is 0 Å². The Morgan fingerprint density at radius 1 is 1.14 bits per heavy atom. The summed E-state index contributed by atoms with van der Waals surface area (Å²) in [5.74, 6) is -0.835. The summed E-state index contributed by atoms with van der Waals surface area (Å²) in [4.78, 5) is 41.7. The number of nitriles is 1. The molecule has 7 nitrogen and oxygen atoms in total. The maximum Gasteiger partial charge on any atom is 0.416 e. The van der Waals surface area contributed by atoms with Gasteiger partial charge in [-0.05, 0) is 62.6 Å². The van der Waals surface area contributed by atoms with E-state index in [1.54, 1.807) is 0 Å². The van der Waals surface area contributed by atoms with Gasteiger partial charge in [-0.25, -0.2) is 4.79 Å². The number of hydrogen-bond donors (Lipinski definition) is 1. The fourth-order valence-corrected chi connectivity index (χ4v) is 4.41. The topological polar surface area (TPSA) is 93.5 Å². The van der Waals surface area contributed by atoms with Gasteiger partial charge >= 0.3 is 12.2 Å². The Hall–Kier alpha value is -4.13. The van der Waals surface area contributed by atoms with Crippen molar-refractivity contribution in [1.82, 2.24) is 10.2 Å². The number of nitrogens with zero attached hydrogens (tertiary/aromatic N) is 3. The Labute approximate surface area is 205 Å². The molecule has 0 saturated heterocycles. The Kier molecular flexibility index (Phi) is 6.35. The van der Waals surface area contributed by atoms with Crippen LogP contribution in [0.5, 0.6) is 0 Å². The van der Waals surface area contributed by atoms with E-state index in [1.807, 2.05) is 6.07 Å². The van der Waals surface area contributed by atoms with E-state index in [1.165, 1.54) is 56.1 Å². The van der Waals surface area contributed by atoms with Crippen molar-refractivity contribution in [2.75, 3.05) is 11.9 Å². The summed E-state index contributed by atoms with van der Waals surface area (Å²) in [5, 5.41) is 12.2. The lowest BCUT2D eigenvalue weighted by Crippen LogP contribution is -2.49. The SMILES string of the molecule is CC(=O)C1=C(C)N(c2cccc(C(F)(F)F)c2)C(=O)N(C)[C@@H]1c1ccc(C#N)cc1C(=O)NC1CC1. The molecule has 2 aromatic rings. The first-order valence-corrected chi connectivity index (χ1v) is 11.2. The van der Waals surface area contributed by atoms with Gasteiger partial charge in [-0.3, -0.25) is 14.5 Å². The number of rotatable bonds is 5. The van der Waals surface area contributed by atoms with Gasteiger partial charge in [-0.1, -0.05) is 12.1 Å². The highest BCUT2D eigenvalue weighted by molar-refractivity contribution is 6.06. The zero-order valence-corrected chi connectivity index (χ0v) is 19.8. The molecular weight excluding hydrogens is 473 g/mol. The second-order valence-electron chi connectivity index (χ2n) is 8.90. The first kappa shape index (κ1) is 25.0. The number of likely N-dealkylation sites (N-methyl/N-ethyl adjacent to an activating group) is 1. The molecule has 2 aromatic carbocycles. The minimum absolute atomic E-state index is 0.0303. The molecule has 0 radical (unpaired) electrons. The summed E-state index contributed by atoms with van der Waals surface area (Å²) in [6.07, 6.45) is -2.94. The molecule has 186 valence electrons. The van der Waals surface area contributed by atoms with Crippen molar-refractivity contribution in [3.63, 3.8) is 0 Å². The fraction of sp³-hybridized carbons (Fsp3) is 0.308. The van der Waals surface area contributed by atoms with Crippen molar-refractivity contribution in [3.05, 3.63) is 76.0 Å². The van der Waals surface area contributed by atoms with Gasteiger partial charge in [0, 0.05) is 29.9 Å². The predicted molar refractivity (Wildman–Crippen MR) is 125 cm³/mol. The van der Waals surface area contributed by atoms with Crippen LogP contribution in [0.4, 0.5) is 23.7 Å². The van der Waals surface area contributed by atoms with Crippen LogP contribution < -0.4 is 10.2 Å². The first-order chi connectivity index (χ1) is 16.9. The van der Waals surface area contributed by atoms with Gasteiger partial charge < -0.3 is 10.2 Å². The lowest BCUT2D eigenvalue weighted by Gasteiger charge is -2.41. The smallest absolute Gasteiger partial charge is 0.349 e. The molecule has 1 fully saturated rings. The minimum atomic E-state index is -4.61. The predicted octanol–water partition coefficient (Wildman–Crippen LogP) is 4.95. The maximum absolute atomic E-state index is 13.5. The molecule has 0 unspecified atom stereocenters. The molecule has 1 aliphatic carbocycles. The van der Waals surface area contributed by atoms with Crippen LogP contribution in [-0.2, 0) is 11.0 Å². The number of nitrogens with one attached hydrogen (secondary N) is 1. The van der Waals surface area contributed by atoms with Crippen LogP contribution in [0, 0.1) is 11.3 Å². The molecule has 1 saturated carbocycles. The summed E-state index contributed by atoms with van der Waals surface area (Å²) in [6.45, 7) is 2.79. The number of anilines is 1. The molecule has 3 amide bonds. The highest BCUT2D eigenvalue weighted by Gasteiger charge is 2.41. The van der Waals surface area contributed by atoms with Crippen LogP contribution in [-0.4, -0.2) is 35.7 Å². The minimum Gasteiger partial charge on any atom is -0.349 e. The van der Waals surface area contributed by atoms with E-state index in [2.05, 4.69) is 5.32 Å². The van der Waals surface area contributed by atoms with Crippen molar-refractivity contribution in [3.8, 4) is 6.07 Å². The lowest BCUT2D eigenvalue weighted by atomic mass is 9.87. The normalized spacial score (nSPS) is 18.2. The highest BCUT2D eigenvalue weighted by atomic mass is 19.4. The number of urea groups is 1. The van der Waals surface area contributed by atoms with E-state index < -0.39 is 35.5 Å². The van der Waals surface area contributed by atoms with Crippen LogP contribution in [0.15, 0.2) is 53.7 Å². The van der Waals surface area contributed by atoms with E-state index in [9.17, 15) is 32.8 Å². The van der Waals surface area contributed by atoms with Gasteiger partial charge in [0.1, 0.15) is 0 Å². The number of halogens is 3. The summed E-state index contributed by atoms with van der Waals surface area (Å²) in [7, 11) is 1.42. The molecule has 2 aliphatic rings. The third-order valence-electron chi connectivity index (χ3n) is 6.32. The molecule has 1 atom stereocenters. The average Bonchev–Trinajstić information content (AvgIpc) is 3.64. The van der Waals surface area contributed by atoms with E-state index in [0.29, 0.717) is 5.56 Å². The molecule has 0 bridgehead atoms. The number of carbonyl (C=O) groups is 3. The van der Waals surface area contributed by atoms with Gasteiger partial charge in [0.15, 0.2) is 5.78 Å². The van der Waals surface area contributed by atoms with Crippen molar-refractivity contribution < 1.29 is 27.6 Å². The van der Waals surface area contributed by atoms with E-state index >= 15 is 0 Å². The van der Waals surface area contributed by atoms with Gasteiger partial charge in [0.05, 0.1) is 28.9 Å². The Balaban J connectivity index is 1.88. The average molecular weight is 496 g/mol. The fourth-order valence-electron chi connectivity index (χ4n) is 4.41. The second-order valence-corrected chi connectivity index (χ2v) is 8.90. The molecule has 0 spiro atoms. The van der Waals surface area contributed by atoms with Crippen LogP contribution >= 0.6 is 0 Å². The quantitative estimate of drug-likeness (QED) is 0.634. The largest absolute Gasteiger partial charge is 0.416 e. The zero-order chi connectivity index (χ0) is 26.4. The third-order valence-corrected chi connectivity index (χ3v) is 6.32. The van der Waals surface area contributed by atoms with Crippen LogP contribution in [0.2, 0.25) is 0 Å². The number of amides is 3. The molecule has 1 heterocycles. The monoisotopic (exact) mass is 496 g/mol. The molecule has 1 N–H and O–H groups in total. The number of alkyl halides is 3. The van der Waals surface area contributed by atoms with Gasteiger partial charge in [-0.2, -0.15) is 18.4 Å². The van der Waals surface area contributed by atoms with Crippen LogP contribution in [0.3, 0.4) is 0 Å². The first-order valence-electron chi connectivity index (χ1n) is 11.2. The molecule has 36 heavy (non-hydrogen) atoms. The highest BCUT2D eigenvalue weighted by Crippen LogP contribution is 2.41. The van der Waals surface area contributed by atoms with Crippen molar-refractivity contribution in [1.29, 1.82) is 5.26 Å². The van der Waals surface area contributed by atoms with Gasteiger partial charge in [0.25, 0.3) is 5.91 Å². The standard InChI is InChI=1S/C26H23F3N4O3/c1-14-22(15(2)34)23(20-10-7-16(13-30)11-21(20)24(35)31-18-8-9-18)32(3)25(36)33(14)19-6-4-5-17(12-19)26(27,28)29/h4-7,10-12,18,23H,8-9H2,1-3H3,(H,31,35)/t23-/m1/s1. The summed E-state index contributed by atoms with van der Waals surface area (Å²) in [6, 6.07) is 9.12. The van der Waals surface area contributed by atoms with E-state index in [-0.39, 0.29) is 34.1 Å². The number of ketones is 1. The van der Waals surface area contributed by atoms with Gasteiger partial charge in [0.2, 0.25) is 0 Å². The number of Topliss-reactive ketones (excluding diaryl/α,β-unsaturated/α-hetero) is 1. The zero-order valence-electron chi connectivity index (χ0n) is 19.8. The van der Waals surface area contributed by atoms with Crippen molar-refractivity contribution >= 4 is 23.4 Å². The third kappa shape index (κ3) is 4.56. The second kappa shape index (κ2) is 9.15. The number of hydrogen-bond acceptors (Lipinski definition) is 4. The maximum atomic E-state index is 13.5. The van der Waals surface area contributed by atoms with Crippen molar-refractivity contribution in [2.24, 2.45) is 0 Å². The Morgan fingerprint density at radius 2 is 1.83 bits per heavy atom. The Bertz CT molecular complexity index is 1340. The van der Waals surface area contributed by atoms with Crippen LogP contribution in [0.1, 0.15) is 59.8 Å². The number of carbonyl (C=O) groups excluding carboxylic acids is 3. The molecule has 0 aromatic heterocycles. The summed E-state index contributed by atoms with van der Waals surface area (Å²) in [5.41, 5.74) is 0.0809. The number of benzene rings is 2. The van der Waals surface area contributed by atoms with E-state index in [4.69, 9.17) is 0 Å². The van der Waals surface area contributed by atoms with E-state index in [0.717, 1.165) is 29.9 Å². The van der Waals surface area contributed by atoms with Crippen molar-refractivity contribution in [2.45, 2.75) is 44.9 Å². The molecule has 4 rings (SSSR count). The molecule has 10 heteroatoms.